The van der Waals surface area contributed by atoms with E-state index in [1.165, 1.54) is 18.3 Å². The Morgan fingerprint density at radius 1 is 1.10 bits per heavy atom. The average Bonchev–Trinajstić information content (AvgIpc) is 2.44. The molecule has 0 spiro atoms. The second-order valence-electron chi connectivity index (χ2n) is 4.69. The van der Waals surface area contributed by atoms with Gasteiger partial charge in [-0.3, -0.25) is 4.99 Å². The molecule has 5 heteroatoms. The van der Waals surface area contributed by atoms with Crippen molar-refractivity contribution in [2.75, 3.05) is 0 Å². The van der Waals surface area contributed by atoms with Crippen LogP contribution >= 0.6 is 11.6 Å². The molecule has 0 radical (unpaired) electrons. The van der Waals surface area contributed by atoms with Crippen molar-refractivity contribution >= 4 is 23.5 Å². The lowest BCUT2D eigenvalue weighted by atomic mass is 10.1. The second-order valence-corrected chi connectivity index (χ2v) is 5.13. The molecule has 0 fully saturated rings. The highest BCUT2D eigenvalue weighted by Gasteiger charge is 2.07. The summed E-state index contributed by atoms with van der Waals surface area (Å²) in [4.78, 5) is 4.16. The number of aliphatic imine (C=N–C) groups is 1. The first-order valence-corrected chi connectivity index (χ1v) is 6.96. The van der Waals surface area contributed by atoms with Gasteiger partial charge >= 0.3 is 0 Å². The van der Waals surface area contributed by atoms with E-state index in [9.17, 15) is 15.3 Å². The number of aryl methyl sites for hydroxylation is 1. The van der Waals surface area contributed by atoms with E-state index >= 15 is 0 Å². The van der Waals surface area contributed by atoms with Gasteiger partial charge in [0.1, 0.15) is 11.4 Å². The summed E-state index contributed by atoms with van der Waals surface area (Å²) in [7, 11) is 0. The Hall–Kier alpha value is -2.20. The monoisotopic (exact) mass is 305 g/mol. The minimum absolute atomic E-state index is 0.0526. The largest absolute Gasteiger partial charge is 0.506 e. The standard InChI is InChI=1S/C16H16ClNO3/c1-2-3-10-4-5-14(19)13(6-10)18-9-11-7-12(17)8-15(20)16(11)21/h4-9,19-21H,2-3H2,1H3. The van der Waals surface area contributed by atoms with Crippen molar-refractivity contribution in [3.8, 4) is 17.2 Å². The average molecular weight is 306 g/mol. The number of nitrogens with zero attached hydrogens (tertiary/aromatic N) is 1. The van der Waals surface area contributed by atoms with Crippen molar-refractivity contribution < 1.29 is 15.3 Å². The van der Waals surface area contributed by atoms with Gasteiger partial charge in [-0.1, -0.05) is 31.0 Å². The molecular weight excluding hydrogens is 290 g/mol. The lowest BCUT2D eigenvalue weighted by Crippen LogP contribution is -1.85. The second kappa shape index (κ2) is 6.50. The topological polar surface area (TPSA) is 73.1 Å². The van der Waals surface area contributed by atoms with Gasteiger partial charge in [-0.25, -0.2) is 0 Å². The maximum Gasteiger partial charge on any atom is 0.166 e. The SMILES string of the molecule is CCCc1ccc(O)c(N=Cc2cc(Cl)cc(O)c2O)c1. The van der Waals surface area contributed by atoms with Crippen LogP contribution in [0.25, 0.3) is 0 Å². The third kappa shape index (κ3) is 3.67. The molecule has 2 rings (SSSR count). The number of hydrogen-bond acceptors (Lipinski definition) is 4. The van der Waals surface area contributed by atoms with Crippen molar-refractivity contribution in [2.45, 2.75) is 19.8 Å². The first kappa shape index (κ1) is 15.2. The number of benzene rings is 2. The lowest BCUT2D eigenvalue weighted by molar-refractivity contribution is 0.403. The molecule has 110 valence electrons. The fourth-order valence-corrected chi connectivity index (χ4v) is 2.18. The molecule has 0 unspecified atom stereocenters. The molecule has 0 aromatic heterocycles. The minimum atomic E-state index is -0.312. The number of hydrogen-bond donors (Lipinski definition) is 3. The lowest BCUT2D eigenvalue weighted by Gasteiger charge is -2.05. The first-order chi connectivity index (χ1) is 10.0. The van der Waals surface area contributed by atoms with Crippen LogP contribution in [0, 0.1) is 0 Å². The van der Waals surface area contributed by atoms with Crippen molar-refractivity contribution in [1.82, 2.24) is 0 Å². The Morgan fingerprint density at radius 3 is 2.57 bits per heavy atom. The quantitative estimate of drug-likeness (QED) is 0.586. The predicted octanol–water partition coefficient (Wildman–Crippen LogP) is 4.16. The maximum absolute atomic E-state index is 9.81. The molecular formula is C16H16ClNO3. The Kier molecular flexibility index (Phi) is 4.70. The summed E-state index contributed by atoms with van der Waals surface area (Å²) in [6.45, 7) is 2.07. The highest BCUT2D eigenvalue weighted by atomic mass is 35.5. The van der Waals surface area contributed by atoms with Gasteiger partial charge in [0.05, 0.1) is 0 Å². The van der Waals surface area contributed by atoms with Crippen molar-refractivity contribution in [3.63, 3.8) is 0 Å². The van der Waals surface area contributed by atoms with E-state index in [1.807, 2.05) is 6.07 Å². The van der Waals surface area contributed by atoms with E-state index < -0.39 is 0 Å². The number of rotatable bonds is 4. The molecule has 0 aliphatic rings. The van der Waals surface area contributed by atoms with E-state index in [2.05, 4.69) is 11.9 Å². The zero-order chi connectivity index (χ0) is 15.4. The van der Waals surface area contributed by atoms with E-state index in [1.54, 1.807) is 12.1 Å². The zero-order valence-electron chi connectivity index (χ0n) is 11.5. The van der Waals surface area contributed by atoms with Crippen LogP contribution in [0.3, 0.4) is 0 Å². The van der Waals surface area contributed by atoms with Crippen LogP contribution in [-0.4, -0.2) is 21.5 Å². The van der Waals surface area contributed by atoms with Gasteiger partial charge < -0.3 is 15.3 Å². The van der Waals surface area contributed by atoms with Crippen molar-refractivity contribution in [3.05, 3.63) is 46.5 Å². The predicted molar refractivity (Wildman–Crippen MR) is 84.1 cm³/mol. The Labute approximate surface area is 128 Å². The fraction of sp³-hybridized carbons (Fsp3) is 0.188. The summed E-state index contributed by atoms with van der Waals surface area (Å²) in [6, 6.07) is 7.95. The fourth-order valence-electron chi connectivity index (χ4n) is 1.96. The van der Waals surface area contributed by atoms with Crippen LogP contribution in [0.1, 0.15) is 24.5 Å². The Morgan fingerprint density at radius 2 is 1.86 bits per heavy atom. The van der Waals surface area contributed by atoms with Crippen LogP contribution in [0.4, 0.5) is 5.69 Å². The van der Waals surface area contributed by atoms with Crippen LogP contribution in [0.5, 0.6) is 17.2 Å². The number of phenols is 3. The van der Waals surface area contributed by atoms with Gasteiger partial charge in [0.2, 0.25) is 0 Å². The number of phenolic OH excluding ortho intramolecular Hbond substituents is 3. The number of halogens is 1. The van der Waals surface area contributed by atoms with Gasteiger partial charge in [-0.05, 0) is 30.2 Å². The van der Waals surface area contributed by atoms with Gasteiger partial charge in [0.15, 0.2) is 11.5 Å². The van der Waals surface area contributed by atoms with E-state index in [0.29, 0.717) is 5.69 Å². The van der Waals surface area contributed by atoms with Crippen molar-refractivity contribution in [1.29, 1.82) is 0 Å². The van der Waals surface area contributed by atoms with E-state index in [-0.39, 0.29) is 27.8 Å². The Bertz CT molecular complexity index is 683. The highest BCUT2D eigenvalue weighted by Crippen LogP contribution is 2.33. The molecule has 0 aliphatic carbocycles. The van der Waals surface area contributed by atoms with Crippen LogP contribution in [-0.2, 0) is 6.42 Å². The van der Waals surface area contributed by atoms with E-state index in [4.69, 9.17) is 11.6 Å². The molecule has 4 nitrogen and oxygen atoms in total. The molecule has 0 saturated heterocycles. The molecule has 2 aromatic carbocycles. The molecule has 0 atom stereocenters. The van der Waals surface area contributed by atoms with Crippen molar-refractivity contribution in [2.24, 2.45) is 4.99 Å². The van der Waals surface area contributed by atoms with Crippen LogP contribution in [0.15, 0.2) is 35.3 Å². The van der Waals surface area contributed by atoms with Gasteiger partial charge in [0.25, 0.3) is 0 Å². The van der Waals surface area contributed by atoms with Gasteiger partial charge in [-0.15, -0.1) is 0 Å². The smallest absolute Gasteiger partial charge is 0.166 e. The van der Waals surface area contributed by atoms with Gasteiger partial charge in [0, 0.05) is 22.9 Å². The molecule has 0 heterocycles. The summed E-state index contributed by atoms with van der Waals surface area (Å²) in [5, 5.41) is 29.3. The minimum Gasteiger partial charge on any atom is -0.506 e. The van der Waals surface area contributed by atoms with Crippen LogP contribution < -0.4 is 0 Å². The summed E-state index contributed by atoms with van der Waals surface area (Å²) >= 11 is 5.82. The zero-order valence-corrected chi connectivity index (χ0v) is 12.3. The molecule has 0 bridgehead atoms. The molecule has 21 heavy (non-hydrogen) atoms. The highest BCUT2D eigenvalue weighted by molar-refractivity contribution is 6.31. The third-order valence-electron chi connectivity index (χ3n) is 3.01. The normalized spacial score (nSPS) is 11.1. The molecule has 2 aromatic rings. The third-order valence-corrected chi connectivity index (χ3v) is 3.22. The summed E-state index contributed by atoms with van der Waals surface area (Å²) < 4.78 is 0. The first-order valence-electron chi connectivity index (χ1n) is 6.58. The van der Waals surface area contributed by atoms with Crippen LogP contribution in [0.2, 0.25) is 5.02 Å². The summed E-state index contributed by atoms with van der Waals surface area (Å²) in [5.74, 6) is -0.558. The van der Waals surface area contributed by atoms with Gasteiger partial charge in [-0.2, -0.15) is 0 Å². The molecule has 0 saturated carbocycles. The Balaban J connectivity index is 2.35. The summed E-state index contributed by atoms with van der Waals surface area (Å²) in [5.41, 5.74) is 1.75. The molecule has 0 amide bonds. The molecule has 0 aliphatic heterocycles. The summed E-state index contributed by atoms with van der Waals surface area (Å²) in [6.07, 6.45) is 3.24. The molecule has 3 N–H and O–H groups in total. The van der Waals surface area contributed by atoms with E-state index in [0.717, 1.165) is 18.4 Å². The maximum atomic E-state index is 9.81. The number of aromatic hydroxyl groups is 3.